The Bertz CT molecular complexity index is 472. The summed E-state index contributed by atoms with van der Waals surface area (Å²) >= 11 is 2.11. The topological polar surface area (TPSA) is 34.6 Å². The minimum absolute atomic E-state index is 0.344. The summed E-state index contributed by atoms with van der Waals surface area (Å²) in [5.41, 5.74) is 0. The lowest BCUT2D eigenvalue weighted by atomic mass is 9.89. The number of pyridine rings is 1. The Morgan fingerprint density at radius 3 is 2.95 bits per heavy atom. The lowest BCUT2D eigenvalue weighted by Crippen LogP contribution is -2.62. The van der Waals surface area contributed by atoms with E-state index in [2.05, 4.69) is 21.6 Å². The molecule has 21 heavy (non-hydrogen) atoms. The molecule has 0 aromatic carbocycles. The second kappa shape index (κ2) is 5.78. The molecule has 0 saturated carbocycles. The fourth-order valence-corrected chi connectivity index (χ4v) is 5.25. The molecule has 4 nitrogen and oxygen atoms in total. The van der Waals surface area contributed by atoms with Crippen LogP contribution in [0.25, 0.3) is 0 Å². The monoisotopic (exact) mass is 306 g/mol. The first-order valence-electron chi connectivity index (χ1n) is 7.85. The fraction of sp³-hybridized carbons (Fsp3) is 0.688. The maximum absolute atomic E-state index is 6.07. The Balaban J connectivity index is 1.29. The molecule has 0 N–H and O–H groups in total. The summed E-state index contributed by atoms with van der Waals surface area (Å²) in [6.07, 6.45) is 7.52. The molecule has 4 rings (SSSR count). The van der Waals surface area contributed by atoms with Crippen molar-refractivity contribution >= 4 is 11.8 Å². The zero-order valence-corrected chi connectivity index (χ0v) is 13.1. The number of thioether (sulfide) groups is 1. The number of nitrogens with zero attached hydrogens (tertiary/aromatic N) is 2. The summed E-state index contributed by atoms with van der Waals surface area (Å²) in [4.78, 5) is 6.77. The van der Waals surface area contributed by atoms with Crippen molar-refractivity contribution in [3.63, 3.8) is 0 Å². The molecule has 0 radical (unpaired) electrons. The van der Waals surface area contributed by atoms with Gasteiger partial charge in [0.2, 0.25) is 0 Å². The van der Waals surface area contributed by atoms with Crippen LogP contribution < -0.4 is 4.74 Å². The van der Waals surface area contributed by atoms with Crippen LogP contribution in [0.3, 0.4) is 0 Å². The van der Waals surface area contributed by atoms with Crippen molar-refractivity contribution in [2.45, 2.75) is 36.2 Å². The molecule has 0 aliphatic carbocycles. The quantitative estimate of drug-likeness (QED) is 0.855. The third-order valence-corrected chi connectivity index (χ3v) is 6.38. The summed E-state index contributed by atoms with van der Waals surface area (Å²) in [7, 11) is 0. The average molecular weight is 306 g/mol. The van der Waals surface area contributed by atoms with E-state index in [4.69, 9.17) is 9.47 Å². The number of hydrogen-bond donors (Lipinski definition) is 0. The predicted molar refractivity (Wildman–Crippen MR) is 83.9 cm³/mol. The smallest absolute Gasteiger partial charge is 0.138 e. The number of aromatic nitrogens is 1. The van der Waals surface area contributed by atoms with Crippen LogP contribution in [0.4, 0.5) is 0 Å². The van der Waals surface area contributed by atoms with Crippen molar-refractivity contribution in [2.75, 3.05) is 32.1 Å². The number of rotatable bonds is 3. The minimum Gasteiger partial charge on any atom is -0.488 e. The van der Waals surface area contributed by atoms with E-state index in [1.165, 1.54) is 32.4 Å². The highest BCUT2D eigenvalue weighted by Crippen LogP contribution is 2.47. The largest absolute Gasteiger partial charge is 0.488 e. The molecule has 0 unspecified atom stereocenters. The van der Waals surface area contributed by atoms with Gasteiger partial charge in [-0.3, -0.25) is 9.88 Å². The van der Waals surface area contributed by atoms with E-state index in [1.54, 1.807) is 6.20 Å². The maximum atomic E-state index is 6.07. The van der Waals surface area contributed by atoms with Gasteiger partial charge in [-0.2, -0.15) is 0 Å². The van der Waals surface area contributed by atoms with Crippen molar-refractivity contribution in [1.82, 2.24) is 9.88 Å². The molecule has 4 heterocycles. The van der Waals surface area contributed by atoms with Crippen molar-refractivity contribution in [3.8, 4) is 5.75 Å². The third-order valence-electron chi connectivity index (χ3n) is 4.80. The van der Waals surface area contributed by atoms with Crippen molar-refractivity contribution < 1.29 is 9.47 Å². The molecule has 3 saturated heterocycles. The SMILES string of the molecule is c1cncc(O[C@@H]2CSC3(C2)CN(C2CCOCC2)C3)c1. The highest BCUT2D eigenvalue weighted by molar-refractivity contribution is 8.01. The van der Waals surface area contributed by atoms with Crippen LogP contribution in [0.2, 0.25) is 0 Å². The molecule has 5 heteroatoms. The second-order valence-electron chi connectivity index (χ2n) is 6.38. The summed E-state index contributed by atoms with van der Waals surface area (Å²) in [6.45, 7) is 4.34. The summed E-state index contributed by atoms with van der Waals surface area (Å²) in [5.74, 6) is 2.01. The van der Waals surface area contributed by atoms with Gasteiger partial charge in [-0.25, -0.2) is 0 Å². The molecule has 1 atom stereocenters. The van der Waals surface area contributed by atoms with E-state index in [0.717, 1.165) is 30.8 Å². The van der Waals surface area contributed by atoms with Gasteiger partial charge in [0.15, 0.2) is 0 Å². The number of ether oxygens (including phenoxy) is 2. The van der Waals surface area contributed by atoms with Gasteiger partial charge in [0.05, 0.1) is 6.20 Å². The lowest BCUT2D eigenvalue weighted by Gasteiger charge is -2.52. The van der Waals surface area contributed by atoms with E-state index in [-0.39, 0.29) is 0 Å². The Kier molecular flexibility index (Phi) is 3.81. The highest BCUT2D eigenvalue weighted by Gasteiger charge is 2.51. The second-order valence-corrected chi connectivity index (χ2v) is 7.86. The maximum Gasteiger partial charge on any atom is 0.138 e. The van der Waals surface area contributed by atoms with E-state index in [9.17, 15) is 0 Å². The molecule has 1 aromatic rings. The fourth-order valence-electron chi connectivity index (χ4n) is 3.71. The standard InChI is InChI=1S/C16H22N2O2S/c1-2-14(9-17-5-1)20-15-8-16(21-10-15)11-18(12-16)13-3-6-19-7-4-13/h1-2,5,9,13,15H,3-4,6-8,10-12H2/t15-/m0/s1. The van der Waals surface area contributed by atoms with E-state index in [1.807, 2.05) is 18.3 Å². The number of likely N-dealkylation sites (tertiary alicyclic amines) is 1. The Morgan fingerprint density at radius 2 is 2.19 bits per heavy atom. The molecule has 3 fully saturated rings. The Morgan fingerprint density at radius 1 is 1.33 bits per heavy atom. The van der Waals surface area contributed by atoms with Gasteiger partial charge in [0.25, 0.3) is 0 Å². The van der Waals surface area contributed by atoms with Gasteiger partial charge in [-0.15, -0.1) is 11.8 Å². The summed E-state index contributed by atoms with van der Waals surface area (Å²) < 4.78 is 12.0. The first-order valence-corrected chi connectivity index (χ1v) is 8.84. The van der Waals surface area contributed by atoms with Crippen LogP contribution in [0.1, 0.15) is 19.3 Å². The first-order chi connectivity index (χ1) is 10.3. The van der Waals surface area contributed by atoms with Crippen molar-refractivity contribution in [1.29, 1.82) is 0 Å². The van der Waals surface area contributed by atoms with Crippen molar-refractivity contribution in [3.05, 3.63) is 24.5 Å². The zero-order chi connectivity index (χ0) is 14.1. The molecule has 0 amide bonds. The third kappa shape index (κ3) is 2.91. The molecule has 1 aromatic heterocycles. The minimum atomic E-state index is 0.344. The van der Waals surface area contributed by atoms with Gasteiger partial charge in [0, 0.05) is 55.5 Å². The van der Waals surface area contributed by atoms with Crippen LogP contribution in [0.15, 0.2) is 24.5 Å². The Labute approximate surface area is 130 Å². The van der Waals surface area contributed by atoms with Crippen LogP contribution in [0.5, 0.6) is 5.75 Å². The van der Waals surface area contributed by atoms with Crippen molar-refractivity contribution in [2.24, 2.45) is 0 Å². The van der Waals surface area contributed by atoms with Gasteiger partial charge < -0.3 is 9.47 Å². The molecular formula is C16H22N2O2S. The van der Waals surface area contributed by atoms with E-state index >= 15 is 0 Å². The van der Waals surface area contributed by atoms with Crippen LogP contribution in [-0.2, 0) is 4.74 Å². The summed E-state index contributed by atoms with van der Waals surface area (Å²) in [6, 6.07) is 4.68. The van der Waals surface area contributed by atoms with E-state index in [0.29, 0.717) is 10.9 Å². The predicted octanol–water partition coefficient (Wildman–Crippen LogP) is 2.20. The van der Waals surface area contributed by atoms with E-state index < -0.39 is 0 Å². The van der Waals surface area contributed by atoms with Gasteiger partial charge in [-0.05, 0) is 25.0 Å². The molecule has 3 aliphatic heterocycles. The highest BCUT2D eigenvalue weighted by atomic mass is 32.2. The van der Waals surface area contributed by atoms with Gasteiger partial charge in [-0.1, -0.05) is 0 Å². The van der Waals surface area contributed by atoms with Gasteiger partial charge in [0.1, 0.15) is 11.9 Å². The summed E-state index contributed by atoms with van der Waals surface area (Å²) in [5, 5.41) is 0. The van der Waals surface area contributed by atoms with Crippen LogP contribution in [0, 0.1) is 0 Å². The average Bonchev–Trinajstić information content (AvgIpc) is 2.92. The molecule has 3 aliphatic rings. The first kappa shape index (κ1) is 13.9. The molecular weight excluding hydrogens is 284 g/mol. The van der Waals surface area contributed by atoms with Gasteiger partial charge >= 0.3 is 0 Å². The molecule has 0 bridgehead atoms. The lowest BCUT2D eigenvalue weighted by molar-refractivity contribution is -0.00944. The molecule has 114 valence electrons. The Hall–Kier alpha value is -0.780. The molecule has 1 spiro atoms. The van der Waals surface area contributed by atoms with Crippen LogP contribution in [-0.4, -0.2) is 58.8 Å². The normalized spacial score (nSPS) is 29.4. The zero-order valence-electron chi connectivity index (χ0n) is 12.2. The number of hydrogen-bond acceptors (Lipinski definition) is 5. The van der Waals surface area contributed by atoms with Crippen LogP contribution >= 0.6 is 11.8 Å².